The normalized spacial score (nSPS) is 16.9. The van der Waals surface area contributed by atoms with Crippen LogP contribution in [0.3, 0.4) is 0 Å². The maximum atomic E-state index is 5.73. The lowest BCUT2D eigenvalue weighted by Crippen LogP contribution is -2.37. The van der Waals surface area contributed by atoms with Gasteiger partial charge >= 0.3 is 0 Å². The van der Waals surface area contributed by atoms with Crippen LogP contribution in [0.1, 0.15) is 47.5 Å². The molecular weight excluding hydrogens is 174 g/mol. The van der Waals surface area contributed by atoms with Crippen molar-refractivity contribution in [1.82, 2.24) is 5.32 Å². The molecule has 0 aliphatic rings. The molecular formula is C11H25N3. The second-order valence-electron chi connectivity index (χ2n) is 4.41. The van der Waals surface area contributed by atoms with Gasteiger partial charge in [-0.25, -0.2) is 0 Å². The number of aliphatic imine (C=N–C) groups is 1. The zero-order chi connectivity index (χ0) is 11.1. The molecule has 0 heterocycles. The highest BCUT2D eigenvalue weighted by Gasteiger charge is 2.06. The molecule has 2 unspecified atom stereocenters. The van der Waals surface area contributed by atoms with Crippen LogP contribution >= 0.6 is 0 Å². The highest BCUT2D eigenvalue weighted by Crippen LogP contribution is 2.11. The molecule has 0 aromatic carbocycles. The molecule has 2 atom stereocenters. The predicted molar refractivity (Wildman–Crippen MR) is 63.4 cm³/mol. The lowest BCUT2D eigenvalue weighted by atomic mass is 10.0. The Bertz CT molecular complexity index is 175. The fourth-order valence-corrected chi connectivity index (χ4v) is 1.37. The molecule has 0 aromatic rings. The Morgan fingerprint density at radius 3 is 2.29 bits per heavy atom. The topological polar surface area (TPSA) is 50.4 Å². The van der Waals surface area contributed by atoms with Gasteiger partial charge in [-0.3, -0.25) is 4.99 Å². The molecule has 0 fully saturated rings. The minimum Gasteiger partial charge on any atom is -0.370 e. The van der Waals surface area contributed by atoms with Gasteiger partial charge in [0.2, 0.25) is 0 Å². The number of nitrogens with zero attached hydrogens (tertiary/aromatic N) is 1. The molecule has 0 aromatic heterocycles. The molecule has 3 nitrogen and oxygen atoms in total. The second-order valence-corrected chi connectivity index (χ2v) is 4.41. The molecule has 0 amide bonds. The molecule has 0 rings (SSSR count). The van der Waals surface area contributed by atoms with Crippen LogP contribution in [-0.2, 0) is 0 Å². The lowest BCUT2D eigenvalue weighted by molar-refractivity contribution is 0.469. The number of nitrogens with one attached hydrogen (secondary N) is 1. The van der Waals surface area contributed by atoms with E-state index in [0.29, 0.717) is 18.0 Å². The van der Waals surface area contributed by atoms with Crippen molar-refractivity contribution in [3.63, 3.8) is 0 Å². The maximum Gasteiger partial charge on any atom is 0.189 e. The van der Waals surface area contributed by atoms with Crippen LogP contribution < -0.4 is 11.1 Å². The molecule has 3 N–H and O–H groups in total. The Hall–Kier alpha value is -0.730. The van der Waals surface area contributed by atoms with Crippen molar-refractivity contribution in [3.05, 3.63) is 0 Å². The van der Waals surface area contributed by atoms with E-state index < -0.39 is 0 Å². The summed E-state index contributed by atoms with van der Waals surface area (Å²) < 4.78 is 0. The van der Waals surface area contributed by atoms with E-state index in [1.165, 1.54) is 6.42 Å². The standard InChI is InChI=1S/C11H25N3/c1-6-9(4)7-10(5)14-11(12)13-8(2)3/h8-10H,6-7H2,1-5H3,(H3,12,13,14). The molecule has 14 heavy (non-hydrogen) atoms. The van der Waals surface area contributed by atoms with Gasteiger partial charge < -0.3 is 11.1 Å². The molecule has 3 heteroatoms. The molecule has 0 saturated carbocycles. The summed E-state index contributed by atoms with van der Waals surface area (Å²) in [6.45, 7) is 10.7. The Labute approximate surface area is 88.2 Å². The molecule has 0 radical (unpaired) electrons. The zero-order valence-corrected chi connectivity index (χ0v) is 10.2. The van der Waals surface area contributed by atoms with Crippen LogP contribution in [0.4, 0.5) is 0 Å². The lowest BCUT2D eigenvalue weighted by Gasteiger charge is -2.14. The summed E-state index contributed by atoms with van der Waals surface area (Å²) >= 11 is 0. The van der Waals surface area contributed by atoms with Crippen molar-refractivity contribution in [2.45, 2.75) is 59.5 Å². The molecule has 0 aliphatic heterocycles. The maximum absolute atomic E-state index is 5.73. The van der Waals surface area contributed by atoms with Gasteiger partial charge in [0.15, 0.2) is 5.96 Å². The average molecular weight is 199 g/mol. The van der Waals surface area contributed by atoms with Crippen LogP contribution in [0.15, 0.2) is 4.99 Å². The third-order valence-electron chi connectivity index (χ3n) is 2.24. The monoisotopic (exact) mass is 199 g/mol. The summed E-state index contributed by atoms with van der Waals surface area (Å²) in [6.07, 6.45) is 2.31. The summed E-state index contributed by atoms with van der Waals surface area (Å²) in [7, 11) is 0. The highest BCUT2D eigenvalue weighted by molar-refractivity contribution is 5.78. The quantitative estimate of drug-likeness (QED) is 0.526. The molecule has 84 valence electrons. The molecule has 0 saturated heterocycles. The SMILES string of the molecule is CCC(C)CC(C)N=C(N)NC(C)C. The van der Waals surface area contributed by atoms with Gasteiger partial charge in [0.25, 0.3) is 0 Å². The first-order chi connectivity index (χ1) is 6.45. The van der Waals surface area contributed by atoms with E-state index in [-0.39, 0.29) is 0 Å². The minimum atomic E-state index is 0.316. The van der Waals surface area contributed by atoms with E-state index in [4.69, 9.17) is 5.73 Å². The number of hydrogen-bond donors (Lipinski definition) is 2. The van der Waals surface area contributed by atoms with Crippen LogP contribution in [0.25, 0.3) is 0 Å². The van der Waals surface area contributed by atoms with Gasteiger partial charge in [-0.2, -0.15) is 0 Å². The van der Waals surface area contributed by atoms with Crippen molar-refractivity contribution in [3.8, 4) is 0 Å². The van der Waals surface area contributed by atoms with E-state index in [1.54, 1.807) is 0 Å². The Morgan fingerprint density at radius 1 is 1.29 bits per heavy atom. The first-order valence-corrected chi connectivity index (χ1v) is 5.55. The Morgan fingerprint density at radius 2 is 1.86 bits per heavy atom. The van der Waals surface area contributed by atoms with Gasteiger partial charge in [0.05, 0.1) is 6.04 Å². The summed E-state index contributed by atoms with van der Waals surface area (Å²) in [5, 5.41) is 3.09. The van der Waals surface area contributed by atoms with Crippen LogP contribution in [-0.4, -0.2) is 18.0 Å². The summed E-state index contributed by atoms with van der Waals surface area (Å²) in [5.74, 6) is 1.29. The smallest absolute Gasteiger partial charge is 0.189 e. The largest absolute Gasteiger partial charge is 0.370 e. The third kappa shape index (κ3) is 6.75. The number of nitrogens with two attached hydrogens (primary N) is 1. The fourth-order valence-electron chi connectivity index (χ4n) is 1.37. The van der Waals surface area contributed by atoms with Crippen molar-refractivity contribution in [2.24, 2.45) is 16.6 Å². The van der Waals surface area contributed by atoms with E-state index in [0.717, 1.165) is 12.3 Å². The molecule has 0 spiro atoms. The van der Waals surface area contributed by atoms with E-state index in [9.17, 15) is 0 Å². The summed E-state index contributed by atoms with van der Waals surface area (Å²) in [6, 6.07) is 0.672. The van der Waals surface area contributed by atoms with E-state index in [1.807, 2.05) is 0 Å². The second kappa shape index (κ2) is 6.68. The summed E-state index contributed by atoms with van der Waals surface area (Å²) in [5.41, 5.74) is 5.73. The average Bonchev–Trinajstić information content (AvgIpc) is 2.01. The fraction of sp³-hybridized carbons (Fsp3) is 0.909. The van der Waals surface area contributed by atoms with Gasteiger partial charge in [-0.1, -0.05) is 20.3 Å². The van der Waals surface area contributed by atoms with Crippen molar-refractivity contribution in [1.29, 1.82) is 0 Å². The minimum absolute atomic E-state index is 0.316. The van der Waals surface area contributed by atoms with Gasteiger partial charge in [-0.15, -0.1) is 0 Å². The number of rotatable bonds is 5. The van der Waals surface area contributed by atoms with Crippen molar-refractivity contribution in [2.75, 3.05) is 0 Å². The van der Waals surface area contributed by atoms with Crippen LogP contribution in [0.2, 0.25) is 0 Å². The van der Waals surface area contributed by atoms with Gasteiger partial charge in [-0.05, 0) is 33.1 Å². The Balaban J connectivity index is 3.94. The van der Waals surface area contributed by atoms with Crippen molar-refractivity contribution < 1.29 is 0 Å². The first kappa shape index (κ1) is 13.3. The van der Waals surface area contributed by atoms with Gasteiger partial charge in [0, 0.05) is 6.04 Å². The molecule has 0 bridgehead atoms. The van der Waals surface area contributed by atoms with Crippen LogP contribution in [0.5, 0.6) is 0 Å². The predicted octanol–water partition coefficient (Wildman–Crippen LogP) is 2.12. The highest BCUT2D eigenvalue weighted by atomic mass is 15.1. The van der Waals surface area contributed by atoms with Crippen LogP contribution in [0, 0.1) is 5.92 Å². The molecule has 0 aliphatic carbocycles. The third-order valence-corrected chi connectivity index (χ3v) is 2.24. The Kier molecular flexibility index (Phi) is 6.34. The number of guanidine groups is 1. The summed E-state index contributed by atoms with van der Waals surface area (Å²) in [4.78, 5) is 4.39. The van der Waals surface area contributed by atoms with E-state index >= 15 is 0 Å². The van der Waals surface area contributed by atoms with Crippen molar-refractivity contribution >= 4 is 5.96 Å². The number of hydrogen-bond acceptors (Lipinski definition) is 1. The zero-order valence-electron chi connectivity index (χ0n) is 10.2. The first-order valence-electron chi connectivity index (χ1n) is 5.55. The van der Waals surface area contributed by atoms with E-state index in [2.05, 4.69) is 44.9 Å². The van der Waals surface area contributed by atoms with Gasteiger partial charge in [0.1, 0.15) is 0 Å².